The third kappa shape index (κ3) is 47.7. The van der Waals surface area contributed by atoms with Gasteiger partial charge in [0.05, 0.1) is 25.4 Å². The molecule has 1 aliphatic heterocycles. The lowest BCUT2D eigenvalue weighted by molar-refractivity contribution is -0.302. The monoisotopic (exact) mass is 1110 g/mol. The fourth-order valence-electron chi connectivity index (χ4n) is 11.9. The lowest BCUT2D eigenvalue weighted by Crippen LogP contribution is -2.60. The number of hydrogen-bond donors (Lipinski definition) is 6. The summed E-state index contributed by atoms with van der Waals surface area (Å²) in [6.07, 6.45) is 67.5. The third-order valence-electron chi connectivity index (χ3n) is 17.5. The molecule has 0 bridgehead atoms. The lowest BCUT2D eigenvalue weighted by Gasteiger charge is -2.40. The summed E-state index contributed by atoms with van der Waals surface area (Å²) in [5.41, 5.74) is 0. The highest BCUT2D eigenvalue weighted by atomic mass is 16.7. The molecule has 7 atom stereocenters. The molecule has 0 aliphatic carbocycles. The van der Waals surface area contributed by atoms with E-state index in [2.05, 4.69) is 19.2 Å². The van der Waals surface area contributed by atoms with Crippen LogP contribution in [0, 0.1) is 0 Å². The van der Waals surface area contributed by atoms with E-state index < -0.39 is 49.5 Å². The Morgan fingerprint density at radius 1 is 0.385 bits per heavy atom. The molecule has 0 aromatic rings. The van der Waals surface area contributed by atoms with E-state index in [1.807, 2.05) is 0 Å². The minimum Gasteiger partial charge on any atom is -0.394 e. The average Bonchev–Trinajstić information content (AvgIpc) is 3.45. The summed E-state index contributed by atoms with van der Waals surface area (Å²) in [7, 11) is 0. The van der Waals surface area contributed by atoms with Crippen molar-refractivity contribution >= 4 is 5.91 Å². The molecule has 1 saturated heterocycles. The van der Waals surface area contributed by atoms with E-state index in [9.17, 15) is 30.3 Å². The van der Waals surface area contributed by atoms with Crippen LogP contribution in [-0.4, -0.2) is 87.5 Å². The van der Waals surface area contributed by atoms with Gasteiger partial charge in [-0.2, -0.15) is 0 Å². The number of carbonyl (C=O) groups is 1. The van der Waals surface area contributed by atoms with Gasteiger partial charge in [-0.05, 0) is 12.8 Å². The van der Waals surface area contributed by atoms with E-state index in [0.717, 1.165) is 38.5 Å². The van der Waals surface area contributed by atoms with Gasteiger partial charge in [-0.3, -0.25) is 4.79 Å². The first-order chi connectivity index (χ1) is 38.3. The molecule has 1 rings (SSSR count). The number of aliphatic hydroxyl groups excluding tert-OH is 5. The summed E-state index contributed by atoms with van der Waals surface area (Å²) in [4.78, 5) is 13.1. The van der Waals surface area contributed by atoms with Gasteiger partial charge in [0.2, 0.25) is 5.91 Å². The fraction of sp³-hybridized carbons (Fsp3) is 0.986. The maximum absolute atomic E-state index is 13.1. The van der Waals surface area contributed by atoms with E-state index in [1.165, 1.54) is 315 Å². The second-order valence-corrected chi connectivity index (χ2v) is 25.0. The van der Waals surface area contributed by atoms with E-state index in [0.29, 0.717) is 12.8 Å². The summed E-state index contributed by atoms with van der Waals surface area (Å²) in [5, 5.41) is 54.9. The SMILES string of the molecule is CCCCCCCCCCCCCCCCCCCCCCCCCCCCCCCC(=O)NC(COC1OC(CO)C(O)C(O)C1O)C(O)CCCCCCCCCCCCCCCCCCCCCCCCCCCC. The van der Waals surface area contributed by atoms with E-state index in [1.54, 1.807) is 0 Å². The van der Waals surface area contributed by atoms with Crippen LogP contribution in [0.25, 0.3) is 0 Å². The Morgan fingerprint density at radius 2 is 0.641 bits per heavy atom. The molecule has 1 amide bonds. The van der Waals surface area contributed by atoms with Crippen LogP contribution >= 0.6 is 0 Å². The zero-order valence-corrected chi connectivity index (χ0v) is 52.2. The number of rotatable bonds is 63. The first-order valence-electron chi connectivity index (χ1n) is 35.2. The number of amides is 1. The van der Waals surface area contributed by atoms with Crippen molar-refractivity contribution in [3.63, 3.8) is 0 Å². The topological polar surface area (TPSA) is 149 Å². The zero-order valence-electron chi connectivity index (χ0n) is 52.2. The Kier molecular flexibility index (Phi) is 57.2. The van der Waals surface area contributed by atoms with Crippen LogP contribution in [0.1, 0.15) is 380 Å². The van der Waals surface area contributed by atoms with Gasteiger partial charge in [0.25, 0.3) is 0 Å². The van der Waals surface area contributed by atoms with Gasteiger partial charge in [0.15, 0.2) is 6.29 Å². The van der Waals surface area contributed by atoms with Gasteiger partial charge in [-0.15, -0.1) is 0 Å². The second-order valence-electron chi connectivity index (χ2n) is 25.0. The van der Waals surface area contributed by atoms with Gasteiger partial charge in [-0.25, -0.2) is 0 Å². The van der Waals surface area contributed by atoms with Crippen LogP contribution in [0.15, 0.2) is 0 Å². The molecule has 7 unspecified atom stereocenters. The van der Waals surface area contributed by atoms with Crippen molar-refractivity contribution in [1.82, 2.24) is 5.32 Å². The van der Waals surface area contributed by atoms with Crippen LogP contribution in [0.5, 0.6) is 0 Å². The zero-order chi connectivity index (χ0) is 56.5. The molecule has 0 aromatic carbocycles. The first-order valence-corrected chi connectivity index (χ1v) is 35.2. The standard InChI is InChI=1S/C69H137NO8/c1-3-5-7-9-11-13-15-17-19-21-23-25-27-29-31-32-33-35-37-39-41-43-45-47-49-51-53-55-57-59-65(73)70-62(61-77-69-68(76)67(75)66(74)64(60-71)78-69)63(72)58-56-54-52-50-48-46-44-42-40-38-36-34-30-28-26-24-22-20-18-16-14-12-10-8-6-4-2/h62-64,66-69,71-72,74-76H,3-61H2,1-2H3,(H,70,73). The molecule has 0 aromatic heterocycles. The van der Waals surface area contributed by atoms with Crippen molar-refractivity contribution in [3.05, 3.63) is 0 Å². The molecule has 466 valence electrons. The fourth-order valence-corrected chi connectivity index (χ4v) is 11.9. The predicted molar refractivity (Wildman–Crippen MR) is 332 cm³/mol. The summed E-state index contributed by atoms with van der Waals surface area (Å²) < 4.78 is 11.4. The Morgan fingerprint density at radius 3 is 0.910 bits per heavy atom. The summed E-state index contributed by atoms with van der Waals surface area (Å²) in [5.74, 6) is -0.133. The molecule has 0 spiro atoms. The van der Waals surface area contributed by atoms with Gasteiger partial charge in [-0.1, -0.05) is 361 Å². The quantitative estimate of drug-likeness (QED) is 0.0330. The smallest absolute Gasteiger partial charge is 0.220 e. The minimum absolute atomic E-state index is 0.130. The van der Waals surface area contributed by atoms with Gasteiger partial charge < -0.3 is 40.3 Å². The van der Waals surface area contributed by atoms with Crippen LogP contribution in [0.2, 0.25) is 0 Å². The van der Waals surface area contributed by atoms with Gasteiger partial charge >= 0.3 is 0 Å². The summed E-state index contributed by atoms with van der Waals surface area (Å²) >= 11 is 0. The average molecular weight is 1110 g/mol. The van der Waals surface area contributed by atoms with E-state index >= 15 is 0 Å². The molecular formula is C69H137NO8. The van der Waals surface area contributed by atoms with Crippen LogP contribution in [0.4, 0.5) is 0 Å². The normalized spacial score (nSPS) is 18.5. The van der Waals surface area contributed by atoms with Crippen molar-refractivity contribution in [1.29, 1.82) is 0 Å². The maximum atomic E-state index is 13.1. The molecule has 1 heterocycles. The lowest BCUT2D eigenvalue weighted by atomic mass is 9.99. The number of carbonyl (C=O) groups excluding carboxylic acids is 1. The van der Waals surface area contributed by atoms with Gasteiger partial charge in [0.1, 0.15) is 24.4 Å². The number of hydrogen-bond acceptors (Lipinski definition) is 8. The Labute approximate surface area is 484 Å². The van der Waals surface area contributed by atoms with Crippen LogP contribution in [-0.2, 0) is 14.3 Å². The highest BCUT2D eigenvalue weighted by molar-refractivity contribution is 5.76. The van der Waals surface area contributed by atoms with Crippen molar-refractivity contribution < 1.29 is 39.8 Å². The van der Waals surface area contributed by atoms with Crippen LogP contribution in [0.3, 0.4) is 0 Å². The highest BCUT2D eigenvalue weighted by Gasteiger charge is 2.44. The second kappa shape index (κ2) is 59.4. The van der Waals surface area contributed by atoms with E-state index in [4.69, 9.17) is 9.47 Å². The third-order valence-corrected chi connectivity index (χ3v) is 17.5. The molecule has 1 aliphatic rings. The highest BCUT2D eigenvalue weighted by Crippen LogP contribution is 2.24. The number of ether oxygens (including phenoxy) is 2. The van der Waals surface area contributed by atoms with Crippen molar-refractivity contribution in [2.75, 3.05) is 13.2 Å². The van der Waals surface area contributed by atoms with Gasteiger partial charge in [0, 0.05) is 6.42 Å². The number of unbranched alkanes of at least 4 members (excludes halogenated alkanes) is 53. The molecule has 1 fully saturated rings. The first kappa shape index (κ1) is 75.2. The minimum atomic E-state index is -1.55. The molecule has 0 radical (unpaired) electrons. The van der Waals surface area contributed by atoms with Crippen molar-refractivity contribution in [3.8, 4) is 0 Å². The summed E-state index contributed by atoms with van der Waals surface area (Å²) in [6, 6.07) is -0.715. The van der Waals surface area contributed by atoms with Crippen molar-refractivity contribution in [2.45, 2.75) is 423 Å². The molecular weight excluding hydrogens is 971 g/mol. The Hall–Kier alpha value is -0.810. The molecule has 9 nitrogen and oxygen atoms in total. The van der Waals surface area contributed by atoms with Crippen molar-refractivity contribution in [2.24, 2.45) is 0 Å². The molecule has 9 heteroatoms. The Balaban J connectivity index is 2.09. The molecule has 78 heavy (non-hydrogen) atoms. The number of nitrogens with one attached hydrogen (secondary N) is 1. The largest absolute Gasteiger partial charge is 0.394 e. The predicted octanol–water partition coefficient (Wildman–Crippen LogP) is 18.9. The molecule has 0 saturated carbocycles. The molecule has 6 N–H and O–H groups in total. The van der Waals surface area contributed by atoms with E-state index in [-0.39, 0.29) is 12.5 Å². The Bertz CT molecular complexity index is 1190. The number of aliphatic hydroxyl groups is 5. The van der Waals surface area contributed by atoms with Crippen LogP contribution < -0.4 is 5.32 Å². The summed E-state index contributed by atoms with van der Waals surface area (Å²) in [6.45, 7) is 3.91. The maximum Gasteiger partial charge on any atom is 0.220 e.